The summed E-state index contributed by atoms with van der Waals surface area (Å²) in [5.74, 6) is 1.80. The van der Waals surface area contributed by atoms with Crippen LogP contribution in [0.25, 0.3) is 0 Å². The number of rotatable bonds is 7. The van der Waals surface area contributed by atoms with E-state index in [1.807, 2.05) is 18.2 Å². The molecule has 0 aliphatic carbocycles. The number of nitrogens with two attached hydrogens (primary N) is 1. The zero-order valence-electron chi connectivity index (χ0n) is 11.2. The van der Waals surface area contributed by atoms with Gasteiger partial charge in [0.05, 0.1) is 11.7 Å². The monoisotopic (exact) mass is 283 g/mol. The number of hydrogen-bond acceptors (Lipinski definition) is 3. The zero-order valence-corrected chi connectivity index (χ0v) is 12.9. The van der Waals surface area contributed by atoms with Gasteiger partial charge in [0.1, 0.15) is 10.7 Å². The van der Waals surface area contributed by atoms with E-state index in [2.05, 4.69) is 20.8 Å². The van der Waals surface area contributed by atoms with Crippen molar-refractivity contribution in [1.29, 1.82) is 0 Å². The fraction of sp³-hybridized carbons (Fsp3) is 0.500. The maximum atomic E-state index is 5.95. The third-order valence-electron chi connectivity index (χ3n) is 2.56. The Morgan fingerprint density at radius 1 is 1.44 bits per heavy atom. The molecule has 1 unspecified atom stereocenters. The highest BCUT2D eigenvalue weighted by molar-refractivity contribution is 7.99. The lowest BCUT2D eigenvalue weighted by Gasteiger charge is -2.18. The molecule has 0 spiro atoms. The molecule has 0 heterocycles. The summed E-state index contributed by atoms with van der Waals surface area (Å²) < 4.78 is 5.95. The number of thioether (sulfide) groups is 1. The number of ether oxygens (including phenoxy) is 1. The molecule has 4 heteroatoms. The van der Waals surface area contributed by atoms with E-state index < -0.39 is 0 Å². The summed E-state index contributed by atoms with van der Waals surface area (Å²) in [5.41, 5.74) is 6.71. The quantitative estimate of drug-likeness (QED) is 0.606. The molecule has 0 radical (unpaired) electrons. The third-order valence-corrected chi connectivity index (χ3v) is 3.70. The lowest BCUT2D eigenvalue weighted by atomic mass is 10.2. The average Bonchev–Trinajstić information content (AvgIpc) is 2.29. The Labute approximate surface area is 119 Å². The van der Waals surface area contributed by atoms with Gasteiger partial charge < -0.3 is 10.5 Å². The lowest BCUT2D eigenvalue weighted by molar-refractivity contribution is 0.209. The predicted octanol–water partition coefficient (Wildman–Crippen LogP) is 4.00. The molecule has 1 aromatic carbocycles. The minimum atomic E-state index is 0.185. The van der Waals surface area contributed by atoms with Gasteiger partial charge in [0.2, 0.25) is 0 Å². The number of hydrogen-bond donors (Lipinski definition) is 1. The van der Waals surface area contributed by atoms with Crippen molar-refractivity contribution in [3.05, 3.63) is 23.8 Å². The van der Waals surface area contributed by atoms with Crippen LogP contribution in [-0.2, 0) is 0 Å². The van der Waals surface area contributed by atoms with Gasteiger partial charge in [0.25, 0.3) is 0 Å². The first-order chi connectivity index (χ1) is 8.60. The lowest BCUT2D eigenvalue weighted by Crippen LogP contribution is -2.17. The molecular weight excluding hydrogens is 262 g/mol. The van der Waals surface area contributed by atoms with Gasteiger partial charge in [-0.05, 0) is 31.2 Å². The molecule has 0 fully saturated rings. The van der Waals surface area contributed by atoms with E-state index in [0.29, 0.717) is 4.99 Å². The highest BCUT2D eigenvalue weighted by atomic mass is 32.2. The molecule has 0 saturated heterocycles. The van der Waals surface area contributed by atoms with E-state index in [1.54, 1.807) is 11.8 Å². The normalized spacial score (nSPS) is 12.2. The van der Waals surface area contributed by atoms with Gasteiger partial charge in [-0.2, -0.15) is 0 Å². The van der Waals surface area contributed by atoms with E-state index in [4.69, 9.17) is 22.7 Å². The van der Waals surface area contributed by atoms with E-state index in [1.165, 1.54) is 0 Å². The Hall–Kier alpha value is -0.740. The van der Waals surface area contributed by atoms with Crippen LogP contribution in [-0.4, -0.2) is 16.8 Å². The summed E-state index contributed by atoms with van der Waals surface area (Å²) >= 11 is 6.89. The molecule has 18 heavy (non-hydrogen) atoms. The molecule has 1 rings (SSSR count). The van der Waals surface area contributed by atoms with Crippen molar-refractivity contribution in [2.24, 2.45) is 5.73 Å². The summed E-state index contributed by atoms with van der Waals surface area (Å²) in [4.78, 5) is 1.51. The Bertz CT molecular complexity index is 407. The van der Waals surface area contributed by atoms with Crippen molar-refractivity contribution in [2.75, 3.05) is 5.75 Å². The summed E-state index contributed by atoms with van der Waals surface area (Å²) in [7, 11) is 0. The average molecular weight is 283 g/mol. The van der Waals surface area contributed by atoms with Gasteiger partial charge in [-0.15, -0.1) is 11.8 Å². The molecular formula is C14H21NOS2. The van der Waals surface area contributed by atoms with Gasteiger partial charge in [-0.3, -0.25) is 0 Å². The smallest absolute Gasteiger partial charge is 0.131 e. The summed E-state index contributed by atoms with van der Waals surface area (Å²) in [6.45, 7) is 6.34. The summed E-state index contributed by atoms with van der Waals surface area (Å²) in [6.07, 6.45) is 2.32. The van der Waals surface area contributed by atoms with E-state index in [0.717, 1.165) is 34.8 Å². The van der Waals surface area contributed by atoms with Crippen LogP contribution in [0.5, 0.6) is 5.75 Å². The van der Waals surface area contributed by atoms with Crippen molar-refractivity contribution < 1.29 is 4.74 Å². The van der Waals surface area contributed by atoms with Crippen molar-refractivity contribution in [3.63, 3.8) is 0 Å². The van der Waals surface area contributed by atoms with Crippen LogP contribution in [0.3, 0.4) is 0 Å². The van der Waals surface area contributed by atoms with Gasteiger partial charge in [-0.1, -0.05) is 38.6 Å². The Kier molecular flexibility index (Phi) is 6.50. The minimum Gasteiger partial charge on any atom is -0.490 e. The van der Waals surface area contributed by atoms with E-state index in [9.17, 15) is 0 Å². The molecule has 100 valence electrons. The largest absolute Gasteiger partial charge is 0.490 e. The Morgan fingerprint density at radius 2 is 2.17 bits per heavy atom. The van der Waals surface area contributed by atoms with Crippen molar-refractivity contribution >= 4 is 29.0 Å². The Balaban J connectivity index is 3.02. The highest BCUT2D eigenvalue weighted by Gasteiger charge is 2.14. The van der Waals surface area contributed by atoms with Crippen molar-refractivity contribution in [2.45, 2.75) is 44.6 Å². The second-order valence-corrected chi connectivity index (χ2v) is 5.89. The van der Waals surface area contributed by atoms with Crippen LogP contribution >= 0.6 is 24.0 Å². The molecule has 2 nitrogen and oxygen atoms in total. The van der Waals surface area contributed by atoms with Crippen LogP contribution in [0.1, 0.15) is 39.2 Å². The van der Waals surface area contributed by atoms with Crippen LogP contribution in [0.2, 0.25) is 0 Å². The molecule has 0 saturated carbocycles. The highest BCUT2D eigenvalue weighted by Crippen LogP contribution is 2.31. The topological polar surface area (TPSA) is 35.2 Å². The first-order valence-corrected chi connectivity index (χ1v) is 7.71. The van der Waals surface area contributed by atoms with Gasteiger partial charge in [0.15, 0.2) is 0 Å². The van der Waals surface area contributed by atoms with E-state index >= 15 is 0 Å². The van der Waals surface area contributed by atoms with Gasteiger partial charge in [-0.25, -0.2) is 0 Å². The van der Waals surface area contributed by atoms with Gasteiger partial charge in [0, 0.05) is 4.90 Å². The molecule has 0 aliphatic heterocycles. The second kappa shape index (κ2) is 7.64. The third kappa shape index (κ3) is 4.18. The van der Waals surface area contributed by atoms with Crippen LogP contribution < -0.4 is 10.5 Å². The standard InChI is InChI=1S/C14H21NOS2/c1-4-7-10(3)16-11-8-6-9-12(18-5-2)13(11)14(15)17/h6,8-10H,4-5,7H2,1-3H3,(H2,15,17). The fourth-order valence-corrected chi connectivity index (χ4v) is 2.93. The first kappa shape index (κ1) is 15.3. The zero-order chi connectivity index (χ0) is 13.5. The molecule has 1 aromatic rings. The minimum absolute atomic E-state index is 0.185. The molecule has 0 amide bonds. The Morgan fingerprint density at radius 3 is 2.72 bits per heavy atom. The van der Waals surface area contributed by atoms with Crippen LogP contribution in [0.15, 0.2) is 23.1 Å². The van der Waals surface area contributed by atoms with E-state index in [-0.39, 0.29) is 6.10 Å². The predicted molar refractivity (Wildman–Crippen MR) is 83.7 cm³/mol. The number of thiocarbonyl (C=S) groups is 1. The molecule has 1 atom stereocenters. The van der Waals surface area contributed by atoms with Crippen LogP contribution in [0.4, 0.5) is 0 Å². The molecule has 0 bridgehead atoms. The van der Waals surface area contributed by atoms with Gasteiger partial charge >= 0.3 is 0 Å². The summed E-state index contributed by atoms with van der Waals surface area (Å²) in [6, 6.07) is 5.98. The molecule has 0 aliphatic rings. The van der Waals surface area contributed by atoms with Crippen LogP contribution in [0, 0.1) is 0 Å². The van der Waals surface area contributed by atoms with Crippen molar-refractivity contribution in [3.8, 4) is 5.75 Å². The maximum Gasteiger partial charge on any atom is 0.131 e. The number of benzene rings is 1. The fourth-order valence-electron chi connectivity index (χ4n) is 1.81. The second-order valence-electron chi connectivity index (χ2n) is 4.14. The SMILES string of the molecule is CCCC(C)Oc1cccc(SCC)c1C(N)=S. The summed E-state index contributed by atoms with van der Waals surface area (Å²) in [5, 5.41) is 0. The molecule has 2 N–H and O–H groups in total. The van der Waals surface area contributed by atoms with Crippen molar-refractivity contribution in [1.82, 2.24) is 0 Å². The first-order valence-electron chi connectivity index (χ1n) is 6.32. The molecule has 0 aromatic heterocycles. The maximum absolute atomic E-state index is 5.95.